The van der Waals surface area contributed by atoms with Crippen molar-refractivity contribution in [1.29, 1.82) is 0 Å². The average molecular weight is 320 g/mol. The number of hydrogen-bond acceptors (Lipinski definition) is 2. The molecule has 1 fully saturated rings. The Labute approximate surface area is 112 Å². The molecule has 0 aliphatic carbocycles. The summed E-state index contributed by atoms with van der Waals surface area (Å²) >= 11 is 3.43. The first-order valence-corrected chi connectivity index (χ1v) is 6.46. The molecule has 1 aliphatic rings. The average Bonchev–Trinajstić information content (AvgIpc) is 2.75. The number of ether oxygens (including phenoxy) is 1. The summed E-state index contributed by atoms with van der Waals surface area (Å²) < 4.78 is 28.9. The van der Waals surface area contributed by atoms with E-state index in [0.29, 0.717) is 13.1 Å². The molecule has 3 nitrogen and oxygen atoms in total. The Morgan fingerprint density at radius 1 is 1.44 bits per heavy atom. The van der Waals surface area contributed by atoms with E-state index in [1.807, 2.05) is 0 Å². The number of nitrogens with zero attached hydrogens (tertiary/aromatic N) is 1. The molecule has 1 heterocycles. The van der Waals surface area contributed by atoms with Crippen LogP contribution in [0.15, 0.2) is 24.3 Å². The van der Waals surface area contributed by atoms with Gasteiger partial charge in [-0.05, 0) is 18.6 Å². The molecule has 0 bridgehead atoms. The second-order valence-corrected chi connectivity index (χ2v) is 5.31. The van der Waals surface area contributed by atoms with Gasteiger partial charge in [0.25, 0.3) is 5.91 Å². The number of benzene rings is 1. The molecule has 0 radical (unpaired) electrons. The van der Waals surface area contributed by atoms with Crippen molar-refractivity contribution < 1.29 is 18.3 Å². The highest BCUT2D eigenvalue weighted by Gasteiger charge is 2.27. The van der Waals surface area contributed by atoms with Crippen LogP contribution in [-0.4, -0.2) is 35.3 Å². The van der Waals surface area contributed by atoms with E-state index < -0.39 is 6.61 Å². The quantitative estimate of drug-likeness (QED) is 0.802. The van der Waals surface area contributed by atoms with Crippen LogP contribution >= 0.6 is 15.9 Å². The molecule has 6 heteroatoms. The first-order valence-electron chi connectivity index (χ1n) is 5.55. The molecule has 1 unspecified atom stereocenters. The fourth-order valence-electron chi connectivity index (χ4n) is 1.91. The minimum absolute atomic E-state index is 0.0736. The van der Waals surface area contributed by atoms with Crippen molar-refractivity contribution >= 4 is 21.8 Å². The van der Waals surface area contributed by atoms with Gasteiger partial charge in [0.2, 0.25) is 0 Å². The number of carbonyl (C=O) groups excluding carboxylic acids is 1. The molecule has 0 N–H and O–H groups in total. The summed E-state index contributed by atoms with van der Waals surface area (Å²) in [6, 6.07) is 6.07. The first-order chi connectivity index (χ1) is 8.58. The predicted octanol–water partition coefficient (Wildman–Crippen LogP) is 2.90. The third-order valence-electron chi connectivity index (χ3n) is 2.75. The van der Waals surface area contributed by atoms with E-state index in [1.54, 1.807) is 17.0 Å². The highest BCUT2D eigenvalue weighted by molar-refractivity contribution is 9.09. The van der Waals surface area contributed by atoms with Crippen LogP contribution < -0.4 is 4.74 Å². The molecule has 2 rings (SSSR count). The normalized spacial score (nSPS) is 19.3. The van der Waals surface area contributed by atoms with Crippen LogP contribution in [0.25, 0.3) is 0 Å². The van der Waals surface area contributed by atoms with Crippen LogP contribution in [0, 0.1) is 0 Å². The molecule has 1 aromatic rings. The predicted molar refractivity (Wildman–Crippen MR) is 66.3 cm³/mol. The number of alkyl halides is 3. The second-order valence-electron chi connectivity index (χ2n) is 4.01. The van der Waals surface area contributed by atoms with Crippen molar-refractivity contribution in [2.45, 2.75) is 17.9 Å². The van der Waals surface area contributed by atoms with Gasteiger partial charge in [0, 0.05) is 17.9 Å². The number of para-hydroxylation sites is 1. The number of carbonyl (C=O) groups is 1. The Hall–Kier alpha value is -1.17. The van der Waals surface area contributed by atoms with Crippen LogP contribution in [0.2, 0.25) is 0 Å². The van der Waals surface area contributed by atoms with Crippen LogP contribution in [0.1, 0.15) is 16.8 Å². The first kappa shape index (κ1) is 13.3. The summed E-state index contributed by atoms with van der Waals surface area (Å²) in [6.07, 6.45) is 0.865. The fraction of sp³-hybridized carbons (Fsp3) is 0.417. The minimum Gasteiger partial charge on any atom is -0.434 e. The molecule has 0 spiro atoms. The summed E-state index contributed by atoms with van der Waals surface area (Å²) in [5.74, 6) is -0.344. The lowest BCUT2D eigenvalue weighted by Crippen LogP contribution is -2.29. The number of hydrogen-bond donors (Lipinski definition) is 0. The van der Waals surface area contributed by atoms with Crippen molar-refractivity contribution in [3.05, 3.63) is 29.8 Å². The topological polar surface area (TPSA) is 29.5 Å². The maximum Gasteiger partial charge on any atom is 0.387 e. The van der Waals surface area contributed by atoms with Crippen molar-refractivity contribution in [1.82, 2.24) is 4.90 Å². The second kappa shape index (κ2) is 5.65. The van der Waals surface area contributed by atoms with Crippen molar-refractivity contribution in [2.75, 3.05) is 13.1 Å². The van der Waals surface area contributed by atoms with Gasteiger partial charge < -0.3 is 9.64 Å². The molecule has 1 atom stereocenters. The standard InChI is InChI=1S/C12H12BrF2NO2/c13-8-5-6-16(7-8)11(17)9-3-1-2-4-10(9)18-12(14)15/h1-4,8,12H,5-7H2. The Kier molecular flexibility index (Phi) is 4.16. The van der Waals surface area contributed by atoms with Crippen molar-refractivity contribution in [2.24, 2.45) is 0 Å². The molecule has 0 saturated carbocycles. The zero-order valence-electron chi connectivity index (χ0n) is 9.48. The largest absolute Gasteiger partial charge is 0.434 e. The van der Waals surface area contributed by atoms with E-state index in [2.05, 4.69) is 20.7 Å². The SMILES string of the molecule is O=C(c1ccccc1OC(F)F)N1CCC(Br)C1. The maximum absolute atomic E-state index is 12.2. The number of amides is 1. The number of rotatable bonds is 3. The molecular weight excluding hydrogens is 308 g/mol. The summed E-state index contributed by atoms with van der Waals surface area (Å²) in [4.78, 5) is 14.1. The van der Waals surface area contributed by atoms with Gasteiger partial charge in [0.1, 0.15) is 5.75 Å². The van der Waals surface area contributed by atoms with Crippen LogP contribution in [0.3, 0.4) is 0 Å². The van der Waals surface area contributed by atoms with E-state index in [0.717, 1.165) is 6.42 Å². The van der Waals surface area contributed by atoms with Crippen LogP contribution in [0.5, 0.6) is 5.75 Å². The van der Waals surface area contributed by atoms with E-state index in [-0.39, 0.29) is 22.0 Å². The minimum atomic E-state index is -2.93. The Morgan fingerprint density at radius 3 is 2.78 bits per heavy atom. The summed E-state index contributed by atoms with van der Waals surface area (Å²) in [7, 11) is 0. The van der Waals surface area contributed by atoms with Gasteiger partial charge in [0.15, 0.2) is 0 Å². The van der Waals surface area contributed by atoms with E-state index in [4.69, 9.17) is 0 Å². The van der Waals surface area contributed by atoms with Gasteiger partial charge in [-0.15, -0.1) is 0 Å². The lowest BCUT2D eigenvalue weighted by Gasteiger charge is -2.17. The molecule has 98 valence electrons. The molecule has 1 aromatic carbocycles. The Balaban J connectivity index is 2.19. The lowest BCUT2D eigenvalue weighted by molar-refractivity contribution is -0.0502. The smallest absolute Gasteiger partial charge is 0.387 e. The van der Waals surface area contributed by atoms with E-state index in [9.17, 15) is 13.6 Å². The van der Waals surface area contributed by atoms with Crippen molar-refractivity contribution in [3.8, 4) is 5.75 Å². The maximum atomic E-state index is 12.2. The van der Waals surface area contributed by atoms with Gasteiger partial charge in [0.05, 0.1) is 5.56 Å². The summed E-state index contributed by atoms with van der Waals surface area (Å²) in [5.41, 5.74) is 0.180. The fourth-order valence-corrected chi connectivity index (χ4v) is 2.47. The van der Waals surface area contributed by atoms with Gasteiger partial charge in [-0.1, -0.05) is 28.1 Å². The van der Waals surface area contributed by atoms with E-state index in [1.165, 1.54) is 12.1 Å². The lowest BCUT2D eigenvalue weighted by atomic mass is 10.2. The molecule has 1 amide bonds. The zero-order chi connectivity index (χ0) is 13.1. The summed E-state index contributed by atoms with van der Waals surface area (Å²) in [5, 5.41) is 0. The molecule has 0 aromatic heterocycles. The third kappa shape index (κ3) is 2.98. The number of halogens is 3. The van der Waals surface area contributed by atoms with Gasteiger partial charge in [-0.2, -0.15) is 8.78 Å². The summed E-state index contributed by atoms with van der Waals surface area (Å²) in [6.45, 7) is -1.72. The highest BCUT2D eigenvalue weighted by atomic mass is 79.9. The highest BCUT2D eigenvalue weighted by Crippen LogP contribution is 2.25. The molecular formula is C12H12BrF2NO2. The Bertz CT molecular complexity index is 442. The molecule has 18 heavy (non-hydrogen) atoms. The molecule has 1 saturated heterocycles. The van der Waals surface area contributed by atoms with Crippen LogP contribution in [0.4, 0.5) is 8.78 Å². The van der Waals surface area contributed by atoms with Gasteiger partial charge >= 0.3 is 6.61 Å². The van der Waals surface area contributed by atoms with Gasteiger partial charge in [-0.25, -0.2) is 0 Å². The number of likely N-dealkylation sites (tertiary alicyclic amines) is 1. The molecule has 1 aliphatic heterocycles. The monoisotopic (exact) mass is 319 g/mol. The van der Waals surface area contributed by atoms with Crippen LogP contribution in [-0.2, 0) is 0 Å². The zero-order valence-corrected chi connectivity index (χ0v) is 11.1. The third-order valence-corrected chi connectivity index (χ3v) is 3.50. The Morgan fingerprint density at radius 2 is 2.17 bits per heavy atom. The van der Waals surface area contributed by atoms with Gasteiger partial charge in [-0.3, -0.25) is 4.79 Å². The van der Waals surface area contributed by atoms with E-state index >= 15 is 0 Å². The van der Waals surface area contributed by atoms with Crippen molar-refractivity contribution in [3.63, 3.8) is 0 Å².